The lowest BCUT2D eigenvalue weighted by atomic mass is 10.3. The van der Waals surface area contributed by atoms with Gasteiger partial charge in [0.05, 0.1) is 18.5 Å². The first-order valence-corrected chi connectivity index (χ1v) is 6.34. The van der Waals surface area contributed by atoms with Gasteiger partial charge in [0.15, 0.2) is 6.29 Å². The van der Waals surface area contributed by atoms with Gasteiger partial charge < -0.3 is 20.9 Å². The molecule has 0 aromatic carbocycles. The second-order valence-corrected chi connectivity index (χ2v) is 4.97. The Morgan fingerprint density at radius 1 is 1.50 bits per heavy atom. The van der Waals surface area contributed by atoms with E-state index >= 15 is 0 Å². The van der Waals surface area contributed by atoms with Crippen LogP contribution in [0.25, 0.3) is 0 Å². The molecule has 1 fully saturated rings. The van der Waals surface area contributed by atoms with Gasteiger partial charge in [0.2, 0.25) is 5.95 Å². The highest BCUT2D eigenvalue weighted by Crippen LogP contribution is 2.31. The highest BCUT2D eigenvalue weighted by Gasteiger charge is 2.28. The fraction of sp³-hybridized carbons (Fsp3) is 0.500. The van der Waals surface area contributed by atoms with Gasteiger partial charge in [0, 0.05) is 0 Å². The van der Waals surface area contributed by atoms with E-state index in [1.807, 2.05) is 0 Å². The molecule has 99 valence electrons. The van der Waals surface area contributed by atoms with E-state index in [0.717, 1.165) is 0 Å². The summed E-state index contributed by atoms with van der Waals surface area (Å²) in [5.41, 5.74) is 10.7. The number of aromatic amines is 1. The third-order valence-corrected chi connectivity index (χ3v) is 3.82. The number of anilines is 2. The zero-order valence-electron chi connectivity index (χ0n) is 9.72. The largest absolute Gasteiger partial charge is 0.382 e. The van der Waals surface area contributed by atoms with Gasteiger partial charge in [0.25, 0.3) is 5.56 Å². The summed E-state index contributed by atoms with van der Waals surface area (Å²) in [5.74, 6) is 0.110. The van der Waals surface area contributed by atoms with Crippen LogP contribution in [0.5, 0.6) is 0 Å². The summed E-state index contributed by atoms with van der Waals surface area (Å²) in [4.78, 5) is 18.3. The molecule has 1 unspecified atom stereocenters. The molecule has 0 aliphatic carbocycles. The Labute approximate surface area is 108 Å². The van der Waals surface area contributed by atoms with Crippen molar-refractivity contribution >= 4 is 23.5 Å². The fourth-order valence-electron chi connectivity index (χ4n) is 1.61. The predicted octanol–water partition coefficient (Wildman–Crippen LogP) is -0.00791. The van der Waals surface area contributed by atoms with Crippen LogP contribution >= 0.6 is 11.8 Å². The highest BCUT2D eigenvalue weighted by atomic mass is 32.2. The molecule has 1 saturated heterocycles. The molecule has 1 atom stereocenters. The molecule has 0 amide bonds. The average molecular weight is 271 g/mol. The predicted molar refractivity (Wildman–Crippen MR) is 69.0 cm³/mol. The number of H-pyrrole nitrogens is 1. The number of hydrogen-bond acceptors (Lipinski definition) is 7. The van der Waals surface area contributed by atoms with Crippen LogP contribution in [0.2, 0.25) is 0 Å². The maximum absolute atomic E-state index is 11.7. The number of nitrogens with two attached hydrogens (primary N) is 2. The van der Waals surface area contributed by atoms with Crippen LogP contribution in [0.15, 0.2) is 9.69 Å². The molecule has 18 heavy (non-hydrogen) atoms. The van der Waals surface area contributed by atoms with Crippen molar-refractivity contribution in [1.82, 2.24) is 9.97 Å². The number of hydrogen-bond donors (Lipinski definition) is 3. The number of nitrogen functional groups attached to an aromatic ring is 2. The second kappa shape index (κ2) is 5.59. The van der Waals surface area contributed by atoms with Crippen LogP contribution in [0, 0.1) is 6.92 Å². The van der Waals surface area contributed by atoms with Gasteiger partial charge in [-0.1, -0.05) is 6.92 Å². The Balaban J connectivity index is 2.19. The molecule has 1 aliphatic rings. The minimum Gasteiger partial charge on any atom is -0.382 e. The first kappa shape index (κ1) is 13.2. The lowest BCUT2D eigenvalue weighted by Gasteiger charge is -2.20. The van der Waals surface area contributed by atoms with Crippen molar-refractivity contribution in [3.05, 3.63) is 17.3 Å². The third-order valence-electron chi connectivity index (χ3n) is 2.43. The Hall–Kier alpha value is -1.25. The standard InChI is InChI=1S/C10H15N4O3S/c1-2-5(9-16-3-4-17-9)18-6-7(11)13-10(12)14-8(6)15/h5,9H,1-4H2,(H5,11,12,13,14,15). The van der Waals surface area contributed by atoms with Crippen molar-refractivity contribution in [2.45, 2.75) is 22.9 Å². The van der Waals surface area contributed by atoms with Crippen LogP contribution < -0.4 is 17.0 Å². The molecular formula is C10H15N4O3S. The van der Waals surface area contributed by atoms with Crippen molar-refractivity contribution in [3.63, 3.8) is 0 Å². The quantitative estimate of drug-likeness (QED) is 0.659. The van der Waals surface area contributed by atoms with E-state index in [9.17, 15) is 4.79 Å². The number of nitrogens with zero attached hydrogens (tertiary/aromatic N) is 1. The van der Waals surface area contributed by atoms with E-state index in [4.69, 9.17) is 20.9 Å². The van der Waals surface area contributed by atoms with Crippen molar-refractivity contribution < 1.29 is 9.47 Å². The molecule has 0 saturated carbocycles. The van der Waals surface area contributed by atoms with Gasteiger partial charge in [-0.3, -0.25) is 9.78 Å². The van der Waals surface area contributed by atoms with Crippen molar-refractivity contribution in [3.8, 4) is 0 Å². The zero-order valence-corrected chi connectivity index (χ0v) is 10.5. The molecule has 0 bridgehead atoms. The summed E-state index contributed by atoms with van der Waals surface area (Å²) in [5, 5.41) is -0.110. The number of rotatable bonds is 4. The summed E-state index contributed by atoms with van der Waals surface area (Å²) in [7, 11) is 0. The molecule has 1 aromatic rings. The van der Waals surface area contributed by atoms with Gasteiger partial charge in [-0.2, -0.15) is 4.98 Å². The molecular weight excluding hydrogens is 256 g/mol. The Bertz CT molecular complexity index is 473. The average Bonchev–Trinajstić information content (AvgIpc) is 2.81. The van der Waals surface area contributed by atoms with Crippen LogP contribution in [-0.4, -0.2) is 34.7 Å². The monoisotopic (exact) mass is 271 g/mol. The van der Waals surface area contributed by atoms with Gasteiger partial charge >= 0.3 is 0 Å². The molecule has 1 radical (unpaired) electrons. The van der Waals surface area contributed by atoms with Crippen molar-refractivity contribution in [2.75, 3.05) is 24.7 Å². The first-order valence-electron chi connectivity index (χ1n) is 5.46. The Morgan fingerprint density at radius 3 is 2.72 bits per heavy atom. The van der Waals surface area contributed by atoms with Crippen LogP contribution in [-0.2, 0) is 9.47 Å². The van der Waals surface area contributed by atoms with Gasteiger partial charge in [0.1, 0.15) is 10.7 Å². The second-order valence-electron chi connectivity index (χ2n) is 3.72. The molecule has 5 N–H and O–H groups in total. The number of thioether (sulfide) groups is 1. The van der Waals surface area contributed by atoms with Gasteiger partial charge in [-0.25, -0.2) is 0 Å². The maximum atomic E-state index is 11.7. The van der Waals surface area contributed by atoms with E-state index in [2.05, 4.69) is 16.9 Å². The number of aromatic nitrogens is 2. The Morgan fingerprint density at radius 2 is 2.17 bits per heavy atom. The topological polar surface area (TPSA) is 116 Å². The van der Waals surface area contributed by atoms with E-state index in [0.29, 0.717) is 24.5 Å². The lowest BCUT2D eigenvalue weighted by molar-refractivity contribution is -0.0411. The fourth-order valence-corrected chi connectivity index (χ4v) is 2.62. The summed E-state index contributed by atoms with van der Waals surface area (Å²) < 4.78 is 10.8. The van der Waals surface area contributed by atoms with E-state index in [1.165, 1.54) is 11.8 Å². The lowest BCUT2D eigenvalue weighted by Crippen LogP contribution is -2.26. The number of ether oxygens (including phenoxy) is 2. The molecule has 2 heterocycles. The van der Waals surface area contributed by atoms with Crippen molar-refractivity contribution in [2.24, 2.45) is 0 Å². The smallest absolute Gasteiger partial charge is 0.268 e. The molecule has 2 rings (SSSR count). The summed E-state index contributed by atoms with van der Waals surface area (Å²) in [6, 6.07) is 0. The molecule has 7 nitrogen and oxygen atoms in total. The first-order chi connectivity index (χ1) is 8.61. The van der Waals surface area contributed by atoms with Gasteiger partial charge in [-0.15, -0.1) is 11.8 Å². The molecule has 8 heteroatoms. The summed E-state index contributed by atoms with van der Waals surface area (Å²) in [6.07, 6.45) is 0.169. The minimum absolute atomic E-state index is 0.00129. The van der Waals surface area contributed by atoms with Gasteiger partial charge in [-0.05, 0) is 6.42 Å². The maximum Gasteiger partial charge on any atom is 0.268 e. The third kappa shape index (κ3) is 2.77. The van der Waals surface area contributed by atoms with E-state index in [1.54, 1.807) is 0 Å². The van der Waals surface area contributed by atoms with Crippen LogP contribution in [0.4, 0.5) is 11.8 Å². The highest BCUT2D eigenvalue weighted by molar-refractivity contribution is 8.00. The van der Waals surface area contributed by atoms with Crippen LogP contribution in [0.1, 0.15) is 6.42 Å². The Kier molecular flexibility index (Phi) is 4.10. The van der Waals surface area contributed by atoms with E-state index < -0.39 is 0 Å². The minimum atomic E-state index is -0.371. The molecule has 1 aromatic heterocycles. The number of nitrogens with one attached hydrogen (secondary N) is 1. The summed E-state index contributed by atoms with van der Waals surface area (Å²) in [6.45, 7) is 4.92. The van der Waals surface area contributed by atoms with Crippen LogP contribution in [0.3, 0.4) is 0 Å². The van der Waals surface area contributed by atoms with E-state index in [-0.39, 0.29) is 28.9 Å². The summed E-state index contributed by atoms with van der Waals surface area (Å²) >= 11 is 1.25. The molecule has 1 aliphatic heterocycles. The molecule has 0 spiro atoms. The van der Waals surface area contributed by atoms with Crippen molar-refractivity contribution in [1.29, 1.82) is 0 Å². The zero-order chi connectivity index (χ0) is 13.1. The normalized spacial score (nSPS) is 18.1. The SMILES string of the molecule is [CH2]CC(Sc1c(N)nc(N)[nH]c1=O)C1OCCO1.